The quantitative estimate of drug-likeness (QED) is 0.797. The summed E-state index contributed by atoms with van der Waals surface area (Å²) in [6.07, 6.45) is -3.70. The molecule has 0 bridgehead atoms. The van der Waals surface area contributed by atoms with E-state index in [0.29, 0.717) is 19.3 Å². The first-order valence-corrected chi connectivity index (χ1v) is 6.89. The summed E-state index contributed by atoms with van der Waals surface area (Å²) in [4.78, 5) is 0. The van der Waals surface area contributed by atoms with Gasteiger partial charge in [0.05, 0.1) is 18.3 Å². The summed E-state index contributed by atoms with van der Waals surface area (Å²) in [7, 11) is 1.74. The largest absolute Gasteiger partial charge is 0.416 e. The van der Waals surface area contributed by atoms with E-state index in [0.717, 1.165) is 6.07 Å². The normalized spacial score (nSPS) is 26.9. The van der Waals surface area contributed by atoms with E-state index in [2.05, 4.69) is 0 Å². The Morgan fingerprint density at radius 1 is 1.45 bits per heavy atom. The number of benzene rings is 1. The van der Waals surface area contributed by atoms with Crippen molar-refractivity contribution in [3.05, 3.63) is 34.3 Å². The lowest BCUT2D eigenvalue weighted by Crippen LogP contribution is -2.30. The Balaban J connectivity index is 2.51. The molecule has 2 atom stereocenters. The van der Waals surface area contributed by atoms with Gasteiger partial charge in [-0.3, -0.25) is 0 Å². The molecule has 0 amide bonds. The summed E-state index contributed by atoms with van der Waals surface area (Å²) in [6.45, 7) is 2.20. The van der Waals surface area contributed by atoms with Crippen LogP contribution in [0.5, 0.6) is 0 Å². The molecule has 7 heteroatoms. The molecule has 1 aliphatic rings. The average molecular weight is 307 g/mol. The standard InChI is InChI=1S/C13H15BClF3O2/c1-2-9-6-19-12(7-14,20-9)10-4-3-8(15)5-11(10)13(16,17)18/h3-5,9H,2,6-7,14H2,1H3/t9-,12+/m1/s1. The van der Waals surface area contributed by atoms with E-state index in [1.165, 1.54) is 12.1 Å². The molecule has 0 aliphatic carbocycles. The van der Waals surface area contributed by atoms with E-state index in [1.807, 2.05) is 6.92 Å². The average Bonchev–Trinajstić information content (AvgIpc) is 2.82. The van der Waals surface area contributed by atoms with Gasteiger partial charge in [-0.15, -0.1) is 0 Å². The lowest BCUT2D eigenvalue weighted by Gasteiger charge is -2.30. The van der Waals surface area contributed by atoms with Crippen molar-refractivity contribution in [1.82, 2.24) is 0 Å². The van der Waals surface area contributed by atoms with Crippen LogP contribution in [0.15, 0.2) is 18.2 Å². The van der Waals surface area contributed by atoms with E-state index < -0.39 is 17.5 Å². The van der Waals surface area contributed by atoms with Gasteiger partial charge in [0.1, 0.15) is 7.85 Å². The number of halogens is 4. The van der Waals surface area contributed by atoms with Crippen LogP contribution in [0.1, 0.15) is 24.5 Å². The summed E-state index contributed by atoms with van der Waals surface area (Å²) in [6, 6.07) is 3.68. The maximum Gasteiger partial charge on any atom is 0.416 e. The number of hydrogen-bond donors (Lipinski definition) is 0. The predicted octanol–water partition coefficient (Wildman–Crippen LogP) is 3.39. The van der Waals surface area contributed by atoms with Gasteiger partial charge < -0.3 is 9.47 Å². The van der Waals surface area contributed by atoms with Crippen LogP contribution >= 0.6 is 11.6 Å². The Labute approximate surface area is 121 Å². The van der Waals surface area contributed by atoms with E-state index >= 15 is 0 Å². The first-order chi connectivity index (χ1) is 9.32. The molecule has 0 aromatic heterocycles. The monoisotopic (exact) mass is 306 g/mol. The van der Waals surface area contributed by atoms with Crippen molar-refractivity contribution in [1.29, 1.82) is 0 Å². The van der Waals surface area contributed by atoms with Gasteiger partial charge in [-0.2, -0.15) is 13.2 Å². The van der Waals surface area contributed by atoms with Gasteiger partial charge in [0.25, 0.3) is 0 Å². The van der Waals surface area contributed by atoms with E-state index in [-0.39, 0.29) is 16.7 Å². The van der Waals surface area contributed by atoms with E-state index in [1.54, 1.807) is 7.85 Å². The third-order valence-corrected chi connectivity index (χ3v) is 3.71. The molecule has 1 saturated heterocycles. The van der Waals surface area contributed by atoms with Gasteiger partial charge in [-0.25, -0.2) is 0 Å². The second-order valence-corrected chi connectivity index (χ2v) is 5.19. The summed E-state index contributed by atoms with van der Waals surface area (Å²) < 4.78 is 50.9. The van der Waals surface area contributed by atoms with Crippen LogP contribution in [-0.4, -0.2) is 20.6 Å². The summed E-state index contributed by atoms with van der Waals surface area (Å²) in [5.74, 6) is -1.34. The Morgan fingerprint density at radius 3 is 2.65 bits per heavy atom. The predicted molar refractivity (Wildman–Crippen MR) is 72.6 cm³/mol. The first kappa shape index (κ1) is 15.7. The fourth-order valence-electron chi connectivity index (χ4n) is 2.37. The molecule has 0 N–H and O–H groups in total. The molecule has 1 aromatic rings. The summed E-state index contributed by atoms with van der Waals surface area (Å²) >= 11 is 5.69. The highest BCUT2D eigenvalue weighted by Crippen LogP contribution is 2.44. The minimum Gasteiger partial charge on any atom is -0.344 e. The molecule has 1 fully saturated rings. The van der Waals surface area contributed by atoms with Crippen LogP contribution < -0.4 is 0 Å². The Kier molecular flexibility index (Phi) is 4.37. The lowest BCUT2D eigenvalue weighted by atomic mass is 9.87. The van der Waals surface area contributed by atoms with Crippen molar-refractivity contribution >= 4 is 19.4 Å². The van der Waals surface area contributed by atoms with Crippen molar-refractivity contribution in [2.75, 3.05) is 6.61 Å². The molecule has 1 aliphatic heterocycles. The first-order valence-electron chi connectivity index (χ1n) is 6.51. The molecule has 2 nitrogen and oxygen atoms in total. The Morgan fingerprint density at radius 2 is 2.15 bits per heavy atom. The zero-order chi connectivity index (χ0) is 15.0. The Hall–Kier alpha value is -0.715. The smallest absolute Gasteiger partial charge is 0.344 e. The van der Waals surface area contributed by atoms with Crippen molar-refractivity contribution in [2.45, 2.75) is 37.7 Å². The molecule has 0 unspecified atom stereocenters. The zero-order valence-electron chi connectivity index (χ0n) is 11.3. The number of rotatable bonds is 3. The second-order valence-electron chi connectivity index (χ2n) is 4.75. The third-order valence-electron chi connectivity index (χ3n) is 3.48. The van der Waals surface area contributed by atoms with E-state index in [4.69, 9.17) is 21.1 Å². The van der Waals surface area contributed by atoms with Gasteiger partial charge in [0.2, 0.25) is 0 Å². The van der Waals surface area contributed by atoms with Crippen molar-refractivity contribution in [3.63, 3.8) is 0 Å². The van der Waals surface area contributed by atoms with Crippen LogP contribution in [0.25, 0.3) is 0 Å². The minimum absolute atomic E-state index is 0.00662. The molecule has 1 heterocycles. The van der Waals surface area contributed by atoms with Crippen LogP contribution in [-0.2, 0) is 21.4 Å². The third kappa shape index (κ3) is 2.82. The van der Waals surface area contributed by atoms with Crippen molar-refractivity contribution < 1.29 is 22.6 Å². The van der Waals surface area contributed by atoms with Crippen molar-refractivity contribution in [2.24, 2.45) is 0 Å². The lowest BCUT2D eigenvalue weighted by molar-refractivity contribution is -0.174. The summed E-state index contributed by atoms with van der Waals surface area (Å²) in [5, 5.41) is 0.0392. The molecule has 20 heavy (non-hydrogen) atoms. The van der Waals surface area contributed by atoms with E-state index in [9.17, 15) is 13.2 Å². The molecule has 0 radical (unpaired) electrons. The van der Waals surface area contributed by atoms with Gasteiger partial charge in [-0.1, -0.05) is 24.6 Å². The maximum absolute atomic E-state index is 13.2. The fraction of sp³-hybridized carbons (Fsp3) is 0.538. The molecule has 110 valence electrons. The highest BCUT2D eigenvalue weighted by molar-refractivity contribution is 6.30. The number of alkyl halides is 3. The highest BCUT2D eigenvalue weighted by Gasteiger charge is 2.46. The Bertz CT molecular complexity index is 495. The molecule has 0 spiro atoms. The van der Waals surface area contributed by atoms with Gasteiger partial charge >= 0.3 is 6.18 Å². The fourth-order valence-corrected chi connectivity index (χ4v) is 2.54. The number of ether oxygens (including phenoxy) is 2. The van der Waals surface area contributed by atoms with Gasteiger partial charge in [-0.05, 0) is 24.9 Å². The zero-order valence-corrected chi connectivity index (χ0v) is 12.0. The molecular formula is C13H15BClF3O2. The van der Waals surface area contributed by atoms with Crippen LogP contribution in [0.3, 0.4) is 0 Å². The second kappa shape index (κ2) is 5.58. The molecule has 1 aromatic carbocycles. The van der Waals surface area contributed by atoms with Gasteiger partial charge in [0, 0.05) is 10.6 Å². The maximum atomic E-state index is 13.2. The summed E-state index contributed by atoms with van der Waals surface area (Å²) in [5.41, 5.74) is -0.809. The SMILES string of the molecule is BC[C@]1(c2ccc(Cl)cc2C(F)(F)F)OC[C@@H](CC)O1. The minimum atomic E-state index is -4.50. The molecular weight excluding hydrogens is 291 g/mol. The highest BCUT2D eigenvalue weighted by atomic mass is 35.5. The number of hydrogen-bond acceptors (Lipinski definition) is 2. The van der Waals surface area contributed by atoms with Crippen LogP contribution in [0.2, 0.25) is 11.3 Å². The van der Waals surface area contributed by atoms with Crippen LogP contribution in [0.4, 0.5) is 13.2 Å². The molecule has 0 saturated carbocycles. The topological polar surface area (TPSA) is 18.5 Å². The van der Waals surface area contributed by atoms with Gasteiger partial charge in [0.15, 0.2) is 5.79 Å². The van der Waals surface area contributed by atoms with Crippen LogP contribution in [0, 0.1) is 0 Å². The van der Waals surface area contributed by atoms with Crippen molar-refractivity contribution in [3.8, 4) is 0 Å². The molecule has 2 rings (SSSR count).